The highest BCUT2D eigenvalue weighted by molar-refractivity contribution is 7.08. The Morgan fingerprint density at radius 2 is 2.10 bits per heavy atom. The number of nitrogens with zero attached hydrogens (tertiary/aromatic N) is 3. The zero-order valence-corrected chi connectivity index (χ0v) is 13.4. The summed E-state index contributed by atoms with van der Waals surface area (Å²) in [6.45, 7) is 8.42. The second kappa shape index (κ2) is 5.81. The highest BCUT2D eigenvalue weighted by Crippen LogP contribution is 2.29. The van der Waals surface area contributed by atoms with Crippen LogP contribution >= 0.6 is 11.5 Å². The molecule has 0 saturated heterocycles. The molecule has 0 unspecified atom stereocenters. The maximum absolute atomic E-state index is 12.8. The van der Waals surface area contributed by atoms with E-state index in [-0.39, 0.29) is 17.1 Å². The molecule has 0 saturated carbocycles. The summed E-state index contributed by atoms with van der Waals surface area (Å²) in [6, 6.07) is 6.67. The number of hydrogen-bond acceptors (Lipinski definition) is 5. The highest BCUT2D eigenvalue weighted by atomic mass is 32.1. The molecule has 0 bridgehead atoms. The lowest BCUT2D eigenvalue weighted by Crippen LogP contribution is -2.32. The molecule has 0 spiro atoms. The summed E-state index contributed by atoms with van der Waals surface area (Å²) >= 11 is 1.11. The predicted octanol–water partition coefficient (Wildman–Crippen LogP) is 3.21. The molecule has 0 radical (unpaired) electrons. The highest BCUT2D eigenvalue weighted by Gasteiger charge is 2.29. The minimum Gasteiger partial charge on any atom is -0.508 e. The summed E-state index contributed by atoms with van der Waals surface area (Å²) in [4.78, 5) is 15.0. The molecule has 1 aromatic heterocycles. The summed E-state index contributed by atoms with van der Waals surface area (Å²) in [5.74, 6) is 0.000231. The first-order valence-corrected chi connectivity index (χ1v) is 7.55. The number of aromatic hydroxyl groups is 1. The van der Waals surface area contributed by atoms with Gasteiger partial charge in [0.15, 0.2) is 0 Å². The summed E-state index contributed by atoms with van der Waals surface area (Å²) in [5, 5.41) is 13.7. The standard InChI is InChI=1S/C15H19N3O2S/c1-5-18(10-7-6-8-11(19)9-10)14(20)12-13(15(2,3)4)16-17-21-12/h6-9,19H,5H2,1-4H3. The monoisotopic (exact) mass is 305 g/mol. The average molecular weight is 305 g/mol. The number of phenolic OH excluding ortho intramolecular Hbond substituents is 1. The molecule has 5 nitrogen and oxygen atoms in total. The van der Waals surface area contributed by atoms with E-state index in [0.717, 1.165) is 11.5 Å². The van der Waals surface area contributed by atoms with Crippen LogP contribution in [0.1, 0.15) is 43.1 Å². The Kier molecular flexibility index (Phi) is 4.27. The molecule has 2 rings (SSSR count). The lowest BCUT2D eigenvalue weighted by Gasteiger charge is -2.22. The van der Waals surface area contributed by atoms with Gasteiger partial charge in [-0.25, -0.2) is 0 Å². The van der Waals surface area contributed by atoms with Gasteiger partial charge in [0.25, 0.3) is 5.91 Å². The van der Waals surface area contributed by atoms with Crippen molar-refractivity contribution < 1.29 is 9.90 Å². The van der Waals surface area contributed by atoms with Crippen molar-refractivity contribution in [3.8, 4) is 5.75 Å². The molecule has 1 aromatic carbocycles. The topological polar surface area (TPSA) is 66.3 Å². The molecule has 21 heavy (non-hydrogen) atoms. The van der Waals surface area contributed by atoms with Crippen LogP contribution in [0, 0.1) is 0 Å². The molecule has 0 aliphatic carbocycles. The molecule has 1 N–H and O–H groups in total. The van der Waals surface area contributed by atoms with Crippen molar-refractivity contribution in [1.29, 1.82) is 0 Å². The molecule has 2 aromatic rings. The maximum Gasteiger partial charge on any atom is 0.271 e. The van der Waals surface area contributed by atoms with Crippen molar-refractivity contribution in [1.82, 2.24) is 9.59 Å². The second-order valence-corrected chi connectivity index (χ2v) is 6.52. The Morgan fingerprint density at radius 3 is 2.67 bits per heavy atom. The third kappa shape index (κ3) is 3.21. The van der Waals surface area contributed by atoms with E-state index >= 15 is 0 Å². The van der Waals surface area contributed by atoms with E-state index in [1.807, 2.05) is 27.7 Å². The maximum atomic E-state index is 12.8. The third-order valence-electron chi connectivity index (χ3n) is 3.10. The largest absolute Gasteiger partial charge is 0.508 e. The van der Waals surface area contributed by atoms with Crippen LogP contribution < -0.4 is 4.90 Å². The Hall–Kier alpha value is -1.95. The van der Waals surface area contributed by atoms with Gasteiger partial charge in [0.1, 0.15) is 10.6 Å². The normalized spacial score (nSPS) is 11.4. The van der Waals surface area contributed by atoms with Gasteiger partial charge in [-0.05, 0) is 30.6 Å². The third-order valence-corrected chi connectivity index (χ3v) is 3.81. The molecule has 6 heteroatoms. The Labute approximate surface area is 128 Å². The molecule has 0 aliphatic rings. The van der Waals surface area contributed by atoms with Crippen molar-refractivity contribution in [3.05, 3.63) is 34.8 Å². The van der Waals surface area contributed by atoms with Crippen LogP contribution in [0.15, 0.2) is 24.3 Å². The summed E-state index contributed by atoms with van der Waals surface area (Å²) in [6.07, 6.45) is 0. The molecule has 0 fully saturated rings. The van der Waals surface area contributed by atoms with Crippen LogP contribution in [-0.2, 0) is 5.41 Å². The quantitative estimate of drug-likeness (QED) is 0.945. The van der Waals surface area contributed by atoms with E-state index in [4.69, 9.17) is 0 Å². The van der Waals surface area contributed by atoms with Gasteiger partial charge < -0.3 is 10.0 Å². The number of carbonyl (C=O) groups is 1. The number of phenols is 1. The number of aromatic nitrogens is 2. The minimum absolute atomic E-state index is 0.136. The van der Waals surface area contributed by atoms with Gasteiger partial charge in [0, 0.05) is 23.7 Å². The fraction of sp³-hybridized carbons (Fsp3) is 0.400. The summed E-state index contributed by atoms with van der Waals surface area (Å²) in [7, 11) is 0. The molecular weight excluding hydrogens is 286 g/mol. The lowest BCUT2D eigenvalue weighted by atomic mass is 9.91. The van der Waals surface area contributed by atoms with Crippen LogP contribution in [-0.4, -0.2) is 27.1 Å². The Bertz CT molecular complexity index is 646. The first-order valence-electron chi connectivity index (χ1n) is 6.78. The van der Waals surface area contributed by atoms with Gasteiger partial charge in [0.05, 0.1) is 5.69 Å². The fourth-order valence-electron chi connectivity index (χ4n) is 2.05. The number of rotatable bonds is 3. The van der Waals surface area contributed by atoms with E-state index < -0.39 is 0 Å². The van der Waals surface area contributed by atoms with Crippen LogP contribution in [0.5, 0.6) is 5.75 Å². The van der Waals surface area contributed by atoms with Gasteiger partial charge in [-0.1, -0.05) is 31.3 Å². The summed E-state index contributed by atoms with van der Waals surface area (Å²) < 4.78 is 3.93. The zero-order valence-electron chi connectivity index (χ0n) is 12.6. The van der Waals surface area contributed by atoms with Crippen molar-refractivity contribution >= 4 is 23.1 Å². The molecule has 0 atom stereocenters. The number of amides is 1. The molecule has 1 heterocycles. The average Bonchev–Trinajstić information content (AvgIpc) is 2.88. The van der Waals surface area contributed by atoms with Gasteiger partial charge >= 0.3 is 0 Å². The van der Waals surface area contributed by atoms with Gasteiger partial charge in [-0.2, -0.15) is 0 Å². The molecular formula is C15H19N3O2S. The van der Waals surface area contributed by atoms with Crippen molar-refractivity contribution in [2.75, 3.05) is 11.4 Å². The number of carbonyl (C=O) groups excluding carboxylic acids is 1. The van der Waals surface area contributed by atoms with Crippen molar-refractivity contribution in [2.45, 2.75) is 33.1 Å². The molecule has 1 amide bonds. The van der Waals surface area contributed by atoms with Crippen LogP contribution in [0.3, 0.4) is 0 Å². The SMILES string of the molecule is CCN(C(=O)c1snnc1C(C)(C)C)c1cccc(O)c1. The zero-order chi connectivity index (χ0) is 15.6. The predicted molar refractivity (Wildman–Crippen MR) is 84.1 cm³/mol. The second-order valence-electron chi connectivity index (χ2n) is 5.77. The molecule has 112 valence electrons. The smallest absolute Gasteiger partial charge is 0.271 e. The van der Waals surface area contributed by atoms with E-state index in [1.54, 1.807) is 29.2 Å². The van der Waals surface area contributed by atoms with E-state index in [9.17, 15) is 9.90 Å². The number of benzene rings is 1. The van der Waals surface area contributed by atoms with E-state index in [2.05, 4.69) is 9.59 Å². The van der Waals surface area contributed by atoms with Gasteiger partial charge in [-0.3, -0.25) is 4.79 Å². The van der Waals surface area contributed by atoms with Gasteiger partial charge in [0.2, 0.25) is 0 Å². The van der Waals surface area contributed by atoms with E-state index in [0.29, 0.717) is 22.8 Å². The Balaban J connectivity index is 2.40. The van der Waals surface area contributed by atoms with Gasteiger partial charge in [-0.15, -0.1) is 5.10 Å². The fourth-order valence-corrected chi connectivity index (χ4v) is 2.87. The van der Waals surface area contributed by atoms with Crippen LogP contribution in [0.4, 0.5) is 5.69 Å². The minimum atomic E-state index is -0.240. The first-order chi connectivity index (χ1) is 9.84. The van der Waals surface area contributed by atoms with E-state index in [1.165, 1.54) is 0 Å². The molecule has 0 aliphatic heterocycles. The van der Waals surface area contributed by atoms with Crippen molar-refractivity contribution in [2.24, 2.45) is 0 Å². The first kappa shape index (κ1) is 15.4. The van der Waals surface area contributed by atoms with Crippen LogP contribution in [0.2, 0.25) is 0 Å². The van der Waals surface area contributed by atoms with Crippen molar-refractivity contribution in [3.63, 3.8) is 0 Å². The lowest BCUT2D eigenvalue weighted by molar-refractivity contribution is 0.0990. The number of anilines is 1. The summed E-state index contributed by atoms with van der Waals surface area (Å²) in [5.41, 5.74) is 1.13. The Morgan fingerprint density at radius 1 is 1.38 bits per heavy atom. The van der Waals surface area contributed by atoms with Crippen LogP contribution in [0.25, 0.3) is 0 Å². The number of hydrogen-bond donors (Lipinski definition) is 1.